The summed E-state index contributed by atoms with van der Waals surface area (Å²) >= 11 is 1.47. The molecule has 2 heterocycles. The monoisotopic (exact) mass is 405 g/mol. The van der Waals surface area contributed by atoms with Gasteiger partial charge in [-0.15, -0.1) is 16.4 Å². The second-order valence-electron chi connectivity index (χ2n) is 5.84. The second kappa shape index (κ2) is 9.03. The third-order valence-electron chi connectivity index (χ3n) is 3.54. The molecule has 0 fully saturated rings. The van der Waals surface area contributed by atoms with E-state index >= 15 is 0 Å². The number of hydrogen-bond acceptors (Lipinski definition) is 8. The summed E-state index contributed by atoms with van der Waals surface area (Å²) in [6.07, 6.45) is 2.40. The van der Waals surface area contributed by atoms with Crippen LogP contribution in [0.5, 0.6) is 5.88 Å². The van der Waals surface area contributed by atoms with Gasteiger partial charge in [-0.2, -0.15) is 13.5 Å². The van der Waals surface area contributed by atoms with Crippen molar-refractivity contribution in [2.24, 2.45) is 0 Å². The fourth-order valence-corrected chi connectivity index (χ4v) is 3.34. The lowest BCUT2D eigenvalue weighted by molar-refractivity contribution is 0.290. The Hall–Kier alpha value is -2.36. The summed E-state index contributed by atoms with van der Waals surface area (Å²) in [5.74, 6) is 0.483. The number of benzene rings is 1. The van der Waals surface area contributed by atoms with Crippen molar-refractivity contribution in [3.8, 4) is 5.88 Å². The SMILES string of the molecule is CS(=O)(=O)OCc1csc(CCc2ccc(OCc3ccccc3)nn2)n1. The number of rotatable bonds is 9. The van der Waals surface area contributed by atoms with Gasteiger partial charge in [-0.05, 0) is 18.1 Å². The van der Waals surface area contributed by atoms with E-state index in [1.807, 2.05) is 36.4 Å². The summed E-state index contributed by atoms with van der Waals surface area (Å²) in [5.41, 5.74) is 2.52. The minimum absolute atomic E-state index is 0.0391. The molecule has 2 aromatic heterocycles. The molecule has 0 amide bonds. The zero-order chi connectivity index (χ0) is 19.1. The van der Waals surface area contributed by atoms with Crippen LogP contribution in [-0.2, 0) is 40.4 Å². The molecule has 0 aliphatic carbocycles. The largest absolute Gasteiger partial charge is 0.472 e. The van der Waals surface area contributed by atoms with Crippen molar-refractivity contribution in [3.63, 3.8) is 0 Å². The maximum absolute atomic E-state index is 11.0. The van der Waals surface area contributed by atoms with E-state index in [-0.39, 0.29) is 6.61 Å². The molecule has 0 saturated carbocycles. The predicted octanol–water partition coefficient (Wildman–Crippen LogP) is 2.77. The number of hydrogen-bond donors (Lipinski definition) is 0. The minimum atomic E-state index is -3.46. The smallest absolute Gasteiger partial charge is 0.264 e. The number of aryl methyl sites for hydroxylation is 2. The number of thiazole rings is 1. The number of aromatic nitrogens is 3. The van der Waals surface area contributed by atoms with Gasteiger partial charge in [0, 0.05) is 17.9 Å². The van der Waals surface area contributed by atoms with Crippen molar-refractivity contribution in [2.75, 3.05) is 6.26 Å². The Balaban J connectivity index is 1.46. The van der Waals surface area contributed by atoms with Crippen molar-refractivity contribution in [3.05, 3.63) is 69.8 Å². The van der Waals surface area contributed by atoms with Gasteiger partial charge in [0.15, 0.2) is 0 Å². The van der Waals surface area contributed by atoms with Crippen LogP contribution in [-0.4, -0.2) is 29.9 Å². The Morgan fingerprint density at radius 3 is 2.48 bits per heavy atom. The molecule has 0 atom stereocenters. The van der Waals surface area contributed by atoms with Crippen molar-refractivity contribution in [1.82, 2.24) is 15.2 Å². The quantitative estimate of drug-likeness (QED) is 0.506. The van der Waals surface area contributed by atoms with Gasteiger partial charge >= 0.3 is 0 Å². The topological polar surface area (TPSA) is 91.3 Å². The van der Waals surface area contributed by atoms with Gasteiger partial charge in [-0.3, -0.25) is 4.18 Å². The van der Waals surface area contributed by atoms with Crippen molar-refractivity contribution >= 4 is 21.5 Å². The molecule has 0 saturated heterocycles. The van der Waals surface area contributed by atoms with Crippen molar-refractivity contribution in [1.29, 1.82) is 0 Å². The van der Waals surface area contributed by atoms with Crippen LogP contribution < -0.4 is 4.74 Å². The average molecular weight is 406 g/mol. The Morgan fingerprint density at radius 1 is 0.963 bits per heavy atom. The highest BCUT2D eigenvalue weighted by molar-refractivity contribution is 7.85. The van der Waals surface area contributed by atoms with E-state index < -0.39 is 10.1 Å². The molecular weight excluding hydrogens is 386 g/mol. The summed E-state index contributed by atoms with van der Waals surface area (Å²) in [6, 6.07) is 13.6. The Labute approximate surface area is 162 Å². The highest BCUT2D eigenvalue weighted by atomic mass is 32.2. The summed E-state index contributed by atoms with van der Waals surface area (Å²) in [6.45, 7) is 0.412. The van der Waals surface area contributed by atoms with E-state index in [0.717, 1.165) is 22.5 Å². The third-order valence-corrected chi connectivity index (χ3v) is 5.04. The van der Waals surface area contributed by atoms with Crippen LogP contribution in [0.1, 0.15) is 22.0 Å². The first kappa shape index (κ1) is 19.4. The minimum Gasteiger partial charge on any atom is -0.472 e. The molecule has 3 aromatic rings. The third kappa shape index (κ3) is 6.70. The number of ether oxygens (including phenoxy) is 1. The molecule has 27 heavy (non-hydrogen) atoms. The molecular formula is C18H19N3O4S2. The fourth-order valence-electron chi connectivity index (χ4n) is 2.22. The van der Waals surface area contributed by atoms with E-state index in [9.17, 15) is 8.42 Å². The van der Waals surface area contributed by atoms with Crippen LogP contribution in [0.25, 0.3) is 0 Å². The lowest BCUT2D eigenvalue weighted by Crippen LogP contribution is -2.03. The summed E-state index contributed by atoms with van der Waals surface area (Å²) < 4.78 is 32.4. The van der Waals surface area contributed by atoms with Crippen molar-refractivity contribution in [2.45, 2.75) is 26.1 Å². The van der Waals surface area contributed by atoms with Gasteiger partial charge in [0.05, 0.1) is 22.7 Å². The van der Waals surface area contributed by atoms with E-state index in [4.69, 9.17) is 8.92 Å². The van der Waals surface area contributed by atoms with Gasteiger partial charge in [-0.25, -0.2) is 4.98 Å². The lowest BCUT2D eigenvalue weighted by atomic mass is 10.2. The highest BCUT2D eigenvalue weighted by Gasteiger charge is 2.08. The summed E-state index contributed by atoms with van der Waals surface area (Å²) in [4.78, 5) is 4.37. The molecule has 9 heteroatoms. The van der Waals surface area contributed by atoms with Crippen LogP contribution in [0.2, 0.25) is 0 Å². The molecule has 1 aromatic carbocycles. The molecule has 0 aliphatic heterocycles. The standard InChI is InChI=1S/C18H19N3O4S2/c1-27(22,23)25-12-16-13-26-18(19-16)10-8-15-7-9-17(21-20-15)24-11-14-5-3-2-4-6-14/h2-7,9,13H,8,10-12H2,1H3. The molecule has 0 radical (unpaired) electrons. The molecule has 0 aliphatic rings. The van der Waals surface area contributed by atoms with Crippen LogP contribution in [0.3, 0.4) is 0 Å². The first-order chi connectivity index (χ1) is 13.0. The summed E-state index contributed by atoms with van der Waals surface area (Å²) in [7, 11) is -3.46. The first-order valence-electron chi connectivity index (χ1n) is 8.25. The van der Waals surface area contributed by atoms with Crippen molar-refractivity contribution < 1.29 is 17.3 Å². The van der Waals surface area contributed by atoms with Crippen LogP contribution in [0.4, 0.5) is 0 Å². The van der Waals surface area contributed by atoms with Crippen LogP contribution in [0.15, 0.2) is 47.8 Å². The second-order valence-corrected chi connectivity index (χ2v) is 8.42. The maximum Gasteiger partial charge on any atom is 0.264 e. The van der Waals surface area contributed by atoms with Gasteiger partial charge in [0.1, 0.15) is 13.2 Å². The van der Waals surface area contributed by atoms with Gasteiger partial charge in [0.2, 0.25) is 5.88 Å². The van der Waals surface area contributed by atoms with Gasteiger partial charge in [0.25, 0.3) is 10.1 Å². The lowest BCUT2D eigenvalue weighted by Gasteiger charge is -2.05. The summed E-state index contributed by atoms with van der Waals surface area (Å²) in [5, 5.41) is 11.0. The molecule has 0 bridgehead atoms. The molecule has 0 unspecified atom stereocenters. The maximum atomic E-state index is 11.0. The highest BCUT2D eigenvalue weighted by Crippen LogP contribution is 2.15. The molecule has 0 spiro atoms. The van der Waals surface area contributed by atoms with Gasteiger partial charge in [-0.1, -0.05) is 30.3 Å². The van der Waals surface area contributed by atoms with E-state index in [0.29, 0.717) is 31.0 Å². The first-order valence-corrected chi connectivity index (χ1v) is 10.9. The van der Waals surface area contributed by atoms with Crippen LogP contribution in [0, 0.1) is 0 Å². The Morgan fingerprint density at radius 2 is 1.78 bits per heavy atom. The zero-order valence-corrected chi connectivity index (χ0v) is 16.4. The molecule has 142 valence electrons. The molecule has 7 nitrogen and oxygen atoms in total. The molecule has 0 N–H and O–H groups in total. The normalized spacial score (nSPS) is 11.4. The predicted molar refractivity (Wildman–Crippen MR) is 102 cm³/mol. The van der Waals surface area contributed by atoms with E-state index in [1.54, 1.807) is 11.4 Å². The van der Waals surface area contributed by atoms with Gasteiger partial charge < -0.3 is 4.74 Å². The Bertz CT molecular complexity index is 958. The Kier molecular flexibility index (Phi) is 6.49. The van der Waals surface area contributed by atoms with E-state index in [2.05, 4.69) is 15.2 Å². The number of nitrogens with zero attached hydrogens (tertiary/aromatic N) is 3. The van der Waals surface area contributed by atoms with E-state index in [1.165, 1.54) is 11.3 Å². The fraction of sp³-hybridized carbons (Fsp3) is 0.278. The molecule has 3 rings (SSSR count). The zero-order valence-electron chi connectivity index (χ0n) is 14.7. The van der Waals surface area contributed by atoms with Crippen LogP contribution >= 0.6 is 11.3 Å². The average Bonchev–Trinajstić information content (AvgIpc) is 3.12.